The van der Waals surface area contributed by atoms with Gasteiger partial charge in [-0.3, -0.25) is 14.6 Å². The van der Waals surface area contributed by atoms with Gasteiger partial charge in [0.15, 0.2) is 5.78 Å². The summed E-state index contributed by atoms with van der Waals surface area (Å²) in [6.07, 6.45) is 3.65. The van der Waals surface area contributed by atoms with E-state index in [2.05, 4.69) is 15.5 Å². The summed E-state index contributed by atoms with van der Waals surface area (Å²) >= 11 is 6.13. The van der Waals surface area contributed by atoms with E-state index in [1.807, 2.05) is 30.3 Å². The number of para-hydroxylation sites is 1. The van der Waals surface area contributed by atoms with Gasteiger partial charge in [-0.25, -0.2) is 4.68 Å². The van der Waals surface area contributed by atoms with Gasteiger partial charge in [0.1, 0.15) is 11.8 Å². The van der Waals surface area contributed by atoms with Gasteiger partial charge in [-0.2, -0.15) is 10.2 Å². The molecule has 1 N–H and O–H groups in total. The number of nitrogens with zero attached hydrogens (tertiary/aromatic N) is 4. The van der Waals surface area contributed by atoms with Gasteiger partial charge < -0.3 is 5.32 Å². The molecule has 0 radical (unpaired) electrons. The lowest BCUT2D eigenvalue weighted by atomic mass is 10.1. The maximum atomic E-state index is 12.9. The van der Waals surface area contributed by atoms with Crippen molar-refractivity contribution in [1.29, 1.82) is 0 Å². The molecule has 1 aromatic heterocycles. The molecule has 1 amide bonds. The number of rotatable bonds is 5. The minimum absolute atomic E-state index is 0.0552. The Morgan fingerprint density at radius 1 is 1.14 bits per heavy atom. The number of ketones is 1. The molecule has 0 fully saturated rings. The maximum absolute atomic E-state index is 12.9. The Bertz CT molecular complexity index is 1080. The number of hydrogen-bond acceptors (Lipinski definition) is 5. The van der Waals surface area contributed by atoms with Crippen LogP contribution in [0.5, 0.6) is 0 Å². The number of amides is 1. The van der Waals surface area contributed by atoms with E-state index in [-0.39, 0.29) is 23.8 Å². The number of hydrogen-bond donors (Lipinski definition) is 1. The second-order valence-electron chi connectivity index (χ2n) is 6.62. The number of hydrazone groups is 1. The van der Waals surface area contributed by atoms with Crippen LogP contribution >= 0.6 is 11.6 Å². The molecule has 1 aliphatic rings. The highest BCUT2D eigenvalue weighted by Gasteiger charge is 2.34. The molecule has 1 aliphatic heterocycles. The highest BCUT2D eigenvalue weighted by molar-refractivity contribution is 6.44. The first-order valence-corrected chi connectivity index (χ1v) is 9.44. The Labute approximate surface area is 172 Å². The van der Waals surface area contributed by atoms with Crippen LogP contribution in [0.15, 0.2) is 72.1 Å². The molecule has 0 bridgehead atoms. The van der Waals surface area contributed by atoms with Crippen molar-refractivity contribution in [2.45, 2.75) is 19.4 Å². The lowest BCUT2D eigenvalue weighted by Crippen LogP contribution is -2.33. The van der Waals surface area contributed by atoms with E-state index in [0.29, 0.717) is 16.4 Å². The van der Waals surface area contributed by atoms with Gasteiger partial charge in [-0.15, -0.1) is 0 Å². The van der Waals surface area contributed by atoms with Crippen molar-refractivity contribution in [1.82, 2.24) is 9.78 Å². The van der Waals surface area contributed by atoms with E-state index < -0.39 is 6.04 Å². The molecule has 3 aromatic rings. The van der Waals surface area contributed by atoms with Crippen molar-refractivity contribution < 1.29 is 9.59 Å². The van der Waals surface area contributed by atoms with Crippen LogP contribution < -0.4 is 10.3 Å². The van der Waals surface area contributed by atoms with Crippen molar-refractivity contribution >= 4 is 40.4 Å². The molecule has 29 heavy (non-hydrogen) atoms. The Kier molecular flexibility index (Phi) is 5.14. The van der Waals surface area contributed by atoms with Crippen LogP contribution in [0.4, 0.5) is 11.4 Å². The molecule has 4 rings (SSSR count). The molecule has 0 saturated carbocycles. The molecule has 2 aromatic carbocycles. The third kappa shape index (κ3) is 3.90. The zero-order chi connectivity index (χ0) is 20.4. The van der Waals surface area contributed by atoms with E-state index in [0.717, 1.165) is 5.69 Å². The van der Waals surface area contributed by atoms with Crippen LogP contribution in [-0.4, -0.2) is 33.2 Å². The van der Waals surface area contributed by atoms with Crippen LogP contribution in [0, 0.1) is 0 Å². The molecule has 0 spiro atoms. The average molecular weight is 408 g/mol. The molecule has 0 saturated heterocycles. The lowest BCUT2D eigenvalue weighted by molar-refractivity contribution is -0.118. The summed E-state index contributed by atoms with van der Waals surface area (Å²) in [5.74, 6) is -0.439. The third-order valence-electron chi connectivity index (χ3n) is 4.62. The summed E-state index contributed by atoms with van der Waals surface area (Å²) in [6.45, 7) is 1.50. The highest BCUT2D eigenvalue weighted by atomic mass is 35.5. The first-order valence-electron chi connectivity index (χ1n) is 9.06. The average Bonchev–Trinajstić information content (AvgIpc) is 3.39. The molecule has 8 heteroatoms. The topological polar surface area (TPSA) is 79.6 Å². The molecule has 0 aliphatic carbocycles. The summed E-state index contributed by atoms with van der Waals surface area (Å²) in [7, 11) is 0. The second-order valence-corrected chi connectivity index (χ2v) is 7.06. The fourth-order valence-corrected chi connectivity index (χ4v) is 3.37. The Morgan fingerprint density at radius 3 is 2.62 bits per heavy atom. The van der Waals surface area contributed by atoms with Crippen LogP contribution in [0.25, 0.3) is 5.69 Å². The van der Waals surface area contributed by atoms with Crippen molar-refractivity contribution in [2.24, 2.45) is 5.10 Å². The Morgan fingerprint density at radius 2 is 1.93 bits per heavy atom. The second kappa shape index (κ2) is 7.89. The summed E-state index contributed by atoms with van der Waals surface area (Å²) in [6, 6.07) is 15.8. The minimum Gasteiger partial charge on any atom is -0.319 e. The number of aromatic nitrogens is 2. The Balaban J connectivity index is 1.62. The highest BCUT2D eigenvalue weighted by Crippen LogP contribution is 2.27. The molecule has 2 heterocycles. The third-order valence-corrected chi connectivity index (χ3v) is 4.86. The van der Waals surface area contributed by atoms with E-state index in [9.17, 15) is 9.59 Å². The van der Waals surface area contributed by atoms with E-state index in [1.54, 1.807) is 46.3 Å². The molecule has 1 unspecified atom stereocenters. The van der Waals surface area contributed by atoms with Crippen LogP contribution in [0.3, 0.4) is 0 Å². The van der Waals surface area contributed by atoms with E-state index >= 15 is 0 Å². The number of nitrogens with one attached hydrogen (secondary N) is 1. The maximum Gasteiger partial charge on any atom is 0.272 e. The van der Waals surface area contributed by atoms with Gasteiger partial charge in [-0.05, 0) is 43.3 Å². The summed E-state index contributed by atoms with van der Waals surface area (Å²) in [5.41, 5.74) is 2.22. The van der Waals surface area contributed by atoms with Crippen molar-refractivity contribution in [3.8, 4) is 5.69 Å². The Hall–Kier alpha value is -3.45. The number of benzene rings is 2. The van der Waals surface area contributed by atoms with Gasteiger partial charge in [0.25, 0.3) is 5.91 Å². The minimum atomic E-state index is -0.511. The molecule has 1 atom stereocenters. The van der Waals surface area contributed by atoms with Crippen molar-refractivity contribution in [3.63, 3.8) is 0 Å². The summed E-state index contributed by atoms with van der Waals surface area (Å²) in [4.78, 5) is 25.1. The largest absolute Gasteiger partial charge is 0.319 e. The van der Waals surface area contributed by atoms with Gasteiger partial charge in [0.2, 0.25) is 0 Å². The van der Waals surface area contributed by atoms with Gasteiger partial charge >= 0.3 is 0 Å². The van der Waals surface area contributed by atoms with Gasteiger partial charge in [-0.1, -0.05) is 29.8 Å². The first kappa shape index (κ1) is 18.9. The SMILES string of the molecule is CC(=O)C1CC(C(=O)Nc2cc(Cl)ccc2-n2cccn2)=NN1c1ccccc1. The summed E-state index contributed by atoms with van der Waals surface area (Å²) in [5, 5.41) is 13.6. The zero-order valence-corrected chi connectivity index (χ0v) is 16.4. The predicted molar refractivity (Wildman–Crippen MR) is 113 cm³/mol. The smallest absolute Gasteiger partial charge is 0.272 e. The van der Waals surface area contributed by atoms with E-state index in [4.69, 9.17) is 11.6 Å². The molecular formula is C21H18ClN5O2. The van der Waals surface area contributed by atoms with Crippen molar-refractivity contribution in [3.05, 3.63) is 72.0 Å². The predicted octanol–water partition coefficient (Wildman–Crippen LogP) is 3.69. The van der Waals surface area contributed by atoms with Crippen LogP contribution in [0.2, 0.25) is 5.02 Å². The van der Waals surface area contributed by atoms with Gasteiger partial charge in [0.05, 0.1) is 17.1 Å². The van der Waals surface area contributed by atoms with Crippen LogP contribution in [0.1, 0.15) is 13.3 Å². The normalized spacial score (nSPS) is 15.9. The monoisotopic (exact) mass is 407 g/mol. The lowest BCUT2D eigenvalue weighted by Gasteiger charge is -2.20. The molecule has 7 nitrogen and oxygen atoms in total. The summed E-state index contributed by atoms with van der Waals surface area (Å²) < 4.78 is 1.64. The standard InChI is InChI=1S/C21H18ClN5O2/c1-14(28)20-13-18(25-27(20)16-6-3-2-4-7-16)21(29)24-17-12-15(22)8-9-19(17)26-11-5-10-23-26/h2-12,20H,13H2,1H3,(H,24,29). The number of carbonyl (C=O) groups excluding carboxylic acids is 2. The fraction of sp³-hybridized carbons (Fsp3) is 0.143. The quantitative estimate of drug-likeness (QED) is 0.699. The zero-order valence-electron chi connectivity index (χ0n) is 15.6. The number of anilines is 2. The number of Topliss-reactive ketones (excluding diaryl/α,β-unsaturated/α-hetero) is 1. The van der Waals surface area contributed by atoms with Crippen LogP contribution in [-0.2, 0) is 9.59 Å². The first-order chi connectivity index (χ1) is 14.0. The van der Waals surface area contributed by atoms with Gasteiger partial charge in [0, 0.05) is 23.8 Å². The van der Waals surface area contributed by atoms with Crippen molar-refractivity contribution in [2.75, 3.05) is 10.3 Å². The molecule has 146 valence electrons. The molecular weight excluding hydrogens is 390 g/mol. The fourth-order valence-electron chi connectivity index (χ4n) is 3.20. The number of halogens is 1. The number of carbonyl (C=O) groups is 2. The van der Waals surface area contributed by atoms with E-state index in [1.165, 1.54) is 6.92 Å².